The van der Waals surface area contributed by atoms with Crippen LogP contribution in [0, 0.1) is 11.3 Å². The van der Waals surface area contributed by atoms with Crippen molar-refractivity contribution < 1.29 is 9.90 Å². The third-order valence-electron chi connectivity index (χ3n) is 3.78. The van der Waals surface area contributed by atoms with Crippen LogP contribution >= 0.6 is 0 Å². The predicted molar refractivity (Wildman–Crippen MR) is 76.2 cm³/mol. The Morgan fingerprint density at radius 1 is 1.35 bits per heavy atom. The van der Waals surface area contributed by atoms with Crippen molar-refractivity contribution in [2.24, 2.45) is 0 Å². The summed E-state index contributed by atoms with van der Waals surface area (Å²) in [5.74, 6) is 0. The van der Waals surface area contributed by atoms with Crippen LogP contribution in [0.25, 0.3) is 0 Å². The largest absolute Gasteiger partial charge is 0.391 e. The van der Waals surface area contributed by atoms with E-state index in [2.05, 4.69) is 5.32 Å². The number of benzene rings is 1. The highest BCUT2D eigenvalue weighted by atomic mass is 16.3. The number of urea groups is 1. The smallest absolute Gasteiger partial charge is 0.321 e. The molecule has 0 aliphatic heterocycles. The van der Waals surface area contributed by atoms with Gasteiger partial charge in [-0.25, -0.2) is 4.79 Å². The number of hydrogen-bond acceptors (Lipinski definition) is 3. The summed E-state index contributed by atoms with van der Waals surface area (Å²) in [6.45, 7) is 0. The average Bonchev–Trinajstić information content (AvgIpc) is 2.48. The van der Waals surface area contributed by atoms with Gasteiger partial charge < -0.3 is 15.3 Å². The minimum atomic E-state index is -0.444. The van der Waals surface area contributed by atoms with E-state index in [9.17, 15) is 9.90 Å². The number of carbonyl (C=O) groups is 1. The molecule has 1 saturated carbocycles. The Bertz CT molecular complexity index is 507. The van der Waals surface area contributed by atoms with Gasteiger partial charge in [-0.15, -0.1) is 0 Å². The molecule has 1 aromatic carbocycles. The second-order valence-corrected chi connectivity index (χ2v) is 5.15. The highest BCUT2D eigenvalue weighted by Gasteiger charge is 2.29. The van der Waals surface area contributed by atoms with Crippen molar-refractivity contribution in [2.45, 2.75) is 37.8 Å². The summed E-state index contributed by atoms with van der Waals surface area (Å²) in [6.07, 6.45) is 3.19. The lowest BCUT2D eigenvalue weighted by atomic mass is 9.92. The Balaban J connectivity index is 1.98. The van der Waals surface area contributed by atoms with Gasteiger partial charge in [0.2, 0.25) is 0 Å². The summed E-state index contributed by atoms with van der Waals surface area (Å²) in [6, 6.07) is 8.38. The number of nitrogens with one attached hydrogen (secondary N) is 1. The van der Waals surface area contributed by atoms with Crippen LogP contribution in [0.2, 0.25) is 0 Å². The van der Waals surface area contributed by atoms with Crippen LogP contribution in [0.15, 0.2) is 24.3 Å². The molecule has 0 radical (unpaired) electrons. The van der Waals surface area contributed by atoms with E-state index in [1.165, 1.54) is 0 Å². The number of nitriles is 1. The Kier molecular flexibility index (Phi) is 4.59. The molecule has 0 heterocycles. The first kappa shape index (κ1) is 14.4. The number of aliphatic hydroxyl groups is 1. The van der Waals surface area contributed by atoms with E-state index in [4.69, 9.17) is 5.26 Å². The molecule has 2 N–H and O–H groups in total. The standard InChI is InChI=1S/C15H19N3O2/c1-18(13-4-2-3-5-14(13)19)15(20)17-12-8-6-11(10-16)7-9-12/h6-9,13-14,19H,2-5H2,1H3,(H,17,20). The molecule has 2 rings (SSSR count). The number of amides is 2. The first-order chi connectivity index (χ1) is 9.61. The predicted octanol–water partition coefficient (Wildman–Crippen LogP) is 2.33. The van der Waals surface area contributed by atoms with E-state index in [0.29, 0.717) is 11.3 Å². The van der Waals surface area contributed by atoms with Gasteiger partial charge in [0.05, 0.1) is 23.8 Å². The van der Waals surface area contributed by atoms with Crippen molar-refractivity contribution in [3.63, 3.8) is 0 Å². The second-order valence-electron chi connectivity index (χ2n) is 5.15. The zero-order valence-corrected chi connectivity index (χ0v) is 11.5. The maximum Gasteiger partial charge on any atom is 0.321 e. The van der Waals surface area contributed by atoms with E-state index in [0.717, 1.165) is 25.7 Å². The SMILES string of the molecule is CN(C(=O)Nc1ccc(C#N)cc1)C1CCCCC1O. The molecule has 2 atom stereocenters. The highest BCUT2D eigenvalue weighted by Crippen LogP contribution is 2.23. The van der Waals surface area contributed by atoms with Crippen LogP contribution in [0.3, 0.4) is 0 Å². The first-order valence-electron chi connectivity index (χ1n) is 6.84. The number of aliphatic hydroxyl groups excluding tert-OH is 1. The molecular formula is C15H19N3O2. The van der Waals surface area contributed by atoms with Crippen LogP contribution in [0.4, 0.5) is 10.5 Å². The summed E-state index contributed by atoms with van der Waals surface area (Å²) in [5.41, 5.74) is 1.20. The average molecular weight is 273 g/mol. The third kappa shape index (κ3) is 3.28. The van der Waals surface area contributed by atoms with Gasteiger partial charge in [0, 0.05) is 12.7 Å². The first-order valence-corrected chi connectivity index (χ1v) is 6.84. The fourth-order valence-electron chi connectivity index (χ4n) is 2.53. The van der Waals surface area contributed by atoms with Crippen LogP contribution in [0.5, 0.6) is 0 Å². The minimum absolute atomic E-state index is 0.123. The molecule has 2 amide bonds. The van der Waals surface area contributed by atoms with Gasteiger partial charge in [-0.05, 0) is 37.1 Å². The van der Waals surface area contributed by atoms with Crippen molar-refractivity contribution in [3.05, 3.63) is 29.8 Å². The second kappa shape index (κ2) is 6.40. The maximum absolute atomic E-state index is 12.2. The van der Waals surface area contributed by atoms with Crippen molar-refractivity contribution in [1.82, 2.24) is 4.90 Å². The maximum atomic E-state index is 12.2. The van der Waals surface area contributed by atoms with Crippen LogP contribution < -0.4 is 5.32 Å². The Hall–Kier alpha value is -2.06. The number of carbonyl (C=O) groups excluding carboxylic acids is 1. The third-order valence-corrected chi connectivity index (χ3v) is 3.78. The summed E-state index contributed by atoms with van der Waals surface area (Å²) < 4.78 is 0. The summed E-state index contributed by atoms with van der Waals surface area (Å²) >= 11 is 0. The van der Waals surface area contributed by atoms with Crippen LogP contribution in [-0.4, -0.2) is 35.2 Å². The molecular weight excluding hydrogens is 254 g/mol. The van der Waals surface area contributed by atoms with Gasteiger partial charge in [0.1, 0.15) is 0 Å². The lowest BCUT2D eigenvalue weighted by molar-refractivity contribution is 0.0494. The van der Waals surface area contributed by atoms with Crippen molar-refractivity contribution in [1.29, 1.82) is 5.26 Å². The molecule has 0 saturated heterocycles. The molecule has 5 heteroatoms. The monoisotopic (exact) mass is 273 g/mol. The zero-order chi connectivity index (χ0) is 14.5. The zero-order valence-electron chi connectivity index (χ0n) is 11.5. The van der Waals surface area contributed by atoms with Crippen LogP contribution in [-0.2, 0) is 0 Å². The lowest BCUT2D eigenvalue weighted by Gasteiger charge is -2.35. The number of nitrogens with zero attached hydrogens (tertiary/aromatic N) is 2. The van der Waals surface area contributed by atoms with Gasteiger partial charge in [-0.1, -0.05) is 12.8 Å². The van der Waals surface area contributed by atoms with Gasteiger partial charge in [0.15, 0.2) is 0 Å². The molecule has 5 nitrogen and oxygen atoms in total. The van der Waals surface area contributed by atoms with E-state index in [-0.39, 0.29) is 12.1 Å². The molecule has 1 aliphatic carbocycles. The summed E-state index contributed by atoms with van der Waals surface area (Å²) in [4.78, 5) is 13.7. The Morgan fingerprint density at radius 3 is 2.60 bits per heavy atom. The number of hydrogen-bond donors (Lipinski definition) is 2. The Morgan fingerprint density at radius 2 is 2.00 bits per heavy atom. The van der Waals surface area contributed by atoms with E-state index < -0.39 is 6.10 Å². The Labute approximate surface area is 118 Å². The molecule has 2 unspecified atom stereocenters. The molecule has 1 aromatic rings. The van der Waals surface area contributed by atoms with Gasteiger partial charge >= 0.3 is 6.03 Å². The fourth-order valence-corrected chi connectivity index (χ4v) is 2.53. The quantitative estimate of drug-likeness (QED) is 0.868. The molecule has 1 aliphatic rings. The van der Waals surface area contributed by atoms with E-state index in [1.54, 1.807) is 36.2 Å². The van der Waals surface area contributed by atoms with E-state index in [1.807, 2.05) is 6.07 Å². The van der Waals surface area contributed by atoms with Crippen molar-refractivity contribution in [3.8, 4) is 6.07 Å². The van der Waals surface area contributed by atoms with Crippen molar-refractivity contribution >= 4 is 11.7 Å². The number of anilines is 1. The molecule has 0 aromatic heterocycles. The number of likely N-dealkylation sites (N-methyl/N-ethyl adjacent to an activating group) is 1. The topological polar surface area (TPSA) is 76.4 Å². The highest BCUT2D eigenvalue weighted by molar-refractivity contribution is 5.89. The molecule has 106 valence electrons. The molecule has 1 fully saturated rings. The normalized spacial score (nSPS) is 21.9. The number of rotatable bonds is 2. The van der Waals surface area contributed by atoms with Crippen LogP contribution in [0.1, 0.15) is 31.2 Å². The van der Waals surface area contributed by atoms with Gasteiger partial charge in [-0.3, -0.25) is 0 Å². The van der Waals surface area contributed by atoms with Gasteiger partial charge in [-0.2, -0.15) is 5.26 Å². The van der Waals surface area contributed by atoms with Crippen molar-refractivity contribution in [2.75, 3.05) is 12.4 Å². The van der Waals surface area contributed by atoms with E-state index >= 15 is 0 Å². The molecule has 0 spiro atoms. The fraction of sp³-hybridized carbons (Fsp3) is 0.467. The molecule has 0 bridgehead atoms. The minimum Gasteiger partial charge on any atom is -0.391 e. The van der Waals surface area contributed by atoms with Gasteiger partial charge in [0.25, 0.3) is 0 Å². The lowest BCUT2D eigenvalue weighted by Crippen LogP contribution is -2.47. The summed E-state index contributed by atoms with van der Waals surface area (Å²) in [7, 11) is 1.71. The summed E-state index contributed by atoms with van der Waals surface area (Å²) in [5, 5.41) is 21.5. The molecule has 20 heavy (non-hydrogen) atoms.